The van der Waals surface area contributed by atoms with Gasteiger partial charge in [-0.1, -0.05) is 0 Å². The molecule has 1 saturated carbocycles. The highest BCUT2D eigenvalue weighted by Crippen LogP contribution is 2.45. The molecular formula is C24H25BrF2N4O3S. The number of aryl methyl sites for hydroxylation is 1. The summed E-state index contributed by atoms with van der Waals surface area (Å²) in [6.45, 7) is 3.65. The Bertz CT molecular complexity index is 1230. The van der Waals surface area contributed by atoms with Gasteiger partial charge < -0.3 is 15.5 Å². The van der Waals surface area contributed by atoms with E-state index in [1.165, 1.54) is 23.6 Å². The van der Waals surface area contributed by atoms with Crippen LogP contribution in [0.25, 0.3) is 10.4 Å². The van der Waals surface area contributed by atoms with Gasteiger partial charge in [0.05, 0.1) is 10.8 Å². The molecule has 0 bridgehead atoms. The number of carbonyl (C=O) groups is 1. The number of carboxylic acid groups (broad SMARTS) is 1. The van der Waals surface area contributed by atoms with E-state index in [4.69, 9.17) is 0 Å². The van der Waals surface area contributed by atoms with Crippen molar-refractivity contribution in [2.75, 3.05) is 5.32 Å². The van der Waals surface area contributed by atoms with E-state index in [1.807, 2.05) is 19.1 Å². The molecule has 0 spiro atoms. The first kappa shape index (κ1) is 25.6. The van der Waals surface area contributed by atoms with Gasteiger partial charge in [0, 0.05) is 28.1 Å². The standard InChI is InChI=1S/C24H25BrF2N4O3S/c1-12-9-15(30-23-28-8-7-17(31-23)20(26)27)10-16(19(12)25)18-11-29-22(35-18)24(2,34)14-5-3-13(4-6-14)21(32)33/h7-11,13-14,20,34H,3-6H2,1-2H3,(H,32,33)(H,28,30,31). The van der Waals surface area contributed by atoms with E-state index in [9.17, 15) is 23.8 Å². The van der Waals surface area contributed by atoms with Crippen LogP contribution in [-0.4, -0.2) is 31.1 Å². The topological polar surface area (TPSA) is 108 Å². The Morgan fingerprint density at radius 3 is 2.63 bits per heavy atom. The second-order valence-corrected chi connectivity index (χ2v) is 10.8. The maximum absolute atomic E-state index is 13.0. The lowest BCUT2D eigenvalue weighted by atomic mass is 9.74. The van der Waals surface area contributed by atoms with E-state index in [0.29, 0.717) is 36.4 Å². The number of aromatic nitrogens is 3. The van der Waals surface area contributed by atoms with Crippen molar-refractivity contribution in [2.24, 2.45) is 11.8 Å². The first-order valence-corrected chi connectivity index (χ1v) is 12.8. The Balaban J connectivity index is 1.58. The van der Waals surface area contributed by atoms with Crippen LogP contribution in [0.15, 0.2) is 35.1 Å². The van der Waals surface area contributed by atoms with E-state index in [-0.39, 0.29) is 23.5 Å². The van der Waals surface area contributed by atoms with Gasteiger partial charge in [-0.05, 0) is 85.1 Å². The number of halogens is 3. The average molecular weight is 567 g/mol. The summed E-state index contributed by atoms with van der Waals surface area (Å²) < 4.78 is 26.8. The predicted molar refractivity (Wildman–Crippen MR) is 133 cm³/mol. The minimum atomic E-state index is -2.69. The number of nitrogens with one attached hydrogen (secondary N) is 1. The molecule has 1 aromatic carbocycles. The van der Waals surface area contributed by atoms with Crippen molar-refractivity contribution in [2.45, 2.75) is 51.6 Å². The molecule has 11 heteroatoms. The fourth-order valence-electron chi connectivity index (χ4n) is 4.41. The zero-order valence-electron chi connectivity index (χ0n) is 19.1. The van der Waals surface area contributed by atoms with Crippen LogP contribution in [-0.2, 0) is 10.4 Å². The lowest BCUT2D eigenvalue weighted by Gasteiger charge is -2.35. The van der Waals surface area contributed by atoms with E-state index in [0.717, 1.165) is 20.5 Å². The van der Waals surface area contributed by atoms with Crippen molar-refractivity contribution in [3.63, 3.8) is 0 Å². The summed E-state index contributed by atoms with van der Waals surface area (Å²) >= 11 is 5.00. The predicted octanol–water partition coefficient (Wildman–Crippen LogP) is 6.45. The molecule has 1 aliphatic rings. The fraction of sp³-hybridized carbons (Fsp3) is 0.417. The van der Waals surface area contributed by atoms with Crippen molar-refractivity contribution in [3.8, 4) is 10.4 Å². The Labute approximate surface area is 213 Å². The molecule has 1 atom stereocenters. The van der Waals surface area contributed by atoms with Gasteiger partial charge in [-0.15, -0.1) is 11.3 Å². The van der Waals surface area contributed by atoms with Gasteiger partial charge in [0.1, 0.15) is 16.3 Å². The zero-order valence-corrected chi connectivity index (χ0v) is 21.5. The Morgan fingerprint density at radius 2 is 1.97 bits per heavy atom. The molecule has 0 radical (unpaired) electrons. The molecule has 2 heterocycles. The lowest BCUT2D eigenvalue weighted by Crippen LogP contribution is -2.35. The Morgan fingerprint density at radius 1 is 1.26 bits per heavy atom. The largest absolute Gasteiger partial charge is 0.481 e. The van der Waals surface area contributed by atoms with E-state index in [1.54, 1.807) is 13.1 Å². The van der Waals surface area contributed by atoms with Gasteiger partial charge in [-0.3, -0.25) is 4.79 Å². The summed E-state index contributed by atoms with van der Waals surface area (Å²) in [7, 11) is 0. The highest BCUT2D eigenvalue weighted by molar-refractivity contribution is 9.10. The molecular weight excluding hydrogens is 542 g/mol. The summed E-state index contributed by atoms with van der Waals surface area (Å²) in [5, 5.41) is 24.2. The number of aliphatic hydroxyl groups is 1. The first-order valence-electron chi connectivity index (χ1n) is 11.2. The number of alkyl halides is 2. The van der Waals surface area contributed by atoms with Gasteiger partial charge in [0.15, 0.2) is 0 Å². The van der Waals surface area contributed by atoms with Crippen LogP contribution < -0.4 is 5.32 Å². The monoisotopic (exact) mass is 566 g/mol. The van der Waals surface area contributed by atoms with Crippen molar-refractivity contribution in [1.29, 1.82) is 0 Å². The summed E-state index contributed by atoms with van der Waals surface area (Å²) in [6.07, 6.45) is 2.63. The zero-order chi connectivity index (χ0) is 25.3. The van der Waals surface area contributed by atoms with Crippen LogP contribution in [0.2, 0.25) is 0 Å². The second-order valence-electron chi connectivity index (χ2n) is 8.95. The minimum Gasteiger partial charge on any atom is -0.481 e. The second kappa shape index (κ2) is 10.2. The van der Waals surface area contributed by atoms with Crippen molar-refractivity contribution < 1.29 is 23.8 Å². The van der Waals surface area contributed by atoms with Crippen molar-refractivity contribution >= 4 is 44.9 Å². The Kier molecular flexibility index (Phi) is 7.48. The number of aliphatic carboxylic acids is 1. The molecule has 2 aromatic heterocycles. The van der Waals surface area contributed by atoms with Crippen molar-refractivity contribution in [1.82, 2.24) is 15.0 Å². The third-order valence-electron chi connectivity index (χ3n) is 6.49. The van der Waals surface area contributed by atoms with Crippen LogP contribution in [0.1, 0.15) is 55.3 Å². The average Bonchev–Trinajstić information content (AvgIpc) is 3.32. The molecule has 1 fully saturated rings. The van der Waals surface area contributed by atoms with Crippen LogP contribution in [0.3, 0.4) is 0 Å². The van der Waals surface area contributed by atoms with Gasteiger partial charge in [0.2, 0.25) is 5.95 Å². The maximum atomic E-state index is 13.0. The molecule has 3 aromatic rings. The molecule has 1 unspecified atom stereocenters. The molecule has 0 amide bonds. The molecule has 1 aliphatic carbocycles. The number of carboxylic acids is 1. The number of nitrogens with zero attached hydrogens (tertiary/aromatic N) is 3. The molecule has 0 aliphatic heterocycles. The third kappa shape index (κ3) is 5.52. The first-order chi connectivity index (χ1) is 16.6. The molecule has 186 valence electrons. The van der Waals surface area contributed by atoms with Crippen LogP contribution in [0, 0.1) is 18.8 Å². The SMILES string of the molecule is Cc1cc(Nc2nccc(C(F)F)n2)cc(-c2cnc(C(C)(O)C3CCC(C(=O)O)CC3)s2)c1Br. The number of thiazole rings is 1. The third-order valence-corrected chi connectivity index (χ3v) is 8.80. The summed E-state index contributed by atoms with van der Waals surface area (Å²) in [5.74, 6) is -1.14. The van der Waals surface area contributed by atoms with Gasteiger partial charge >= 0.3 is 5.97 Å². The van der Waals surface area contributed by atoms with Gasteiger partial charge in [-0.2, -0.15) is 0 Å². The van der Waals surface area contributed by atoms with Crippen LogP contribution in [0.5, 0.6) is 0 Å². The quantitative estimate of drug-likeness (QED) is 0.301. The van der Waals surface area contributed by atoms with Gasteiger partial charge in [-0.25, -0.2) is 23.7 Å². The number of rotatable bonds is 7. The number of hydrogen-bond acceptors (Lipinski definition) is 7. The highest BCUT2D eigenvalue weighted by atomic mass is 79.9. The normalized spacial score (nSPS) is 20.0. The smallest absolute Gasteiger partial charge is 0.306 e. The molecule has 0 saturated heterocycles. The summed E-state index contributed by atoms with van der Waals surface area (Å²) in [6, 6.07) is 4.87. The van der Waals surface area contributed by atoms with E-state index < -0.39 is 18.0 Å². The fourth-order valence-corrected chi connectivity index (χ4v) is 6.05. The molecule has 7 nitrogen and oxygen atoms in total. The summed E-state index contributed by atoms with van der Waals surface area (Å²) in [4.78, 5) is 24.5. The van der Waals surface area contributed by atoms with Crippen LogP contribution in [0.4, 0.5) is 20.4 Å². The van der Waals surface area contributed by atoms with Gasteiger partial charge in [0.25, 0.3) is 6.43 Å². The number of hydrogen-bond donors (Lipinski definition) is 3. The number of anilines is 2. The molecule has 4 rings (SSSR count). The Hall–Kier alpha value is -2.50. The van der Waals surface area contributed by atoms with Crippen LogP contribution >= 0.6 is 27.3 Å². The van der Waals surface area contributed by atoms with E-state index in [2.05, 4.69) is 36.2 Å². The number of benzene rings is 1. The molecule has 3 N–H and O–H groups in total. The maximum Gasteiger partial charge on any atom is 0.306 e. The van der Waals surface area contributed by atoms with E-state index >= 15 is 0 Å². The van der Waals surface area contributed by atoms with Crippen molar-refractivity contribution in [3.05, 3.63) is 51.3 Å². The lowest BCUT2D eigenvalue weighted by molar-refractivity contribution is -0.144. The molecule has 35 heavy (non-hydrogen) atoms. The summed E-state index contributed by atoms with van der Waals surface area (Å²) in [5.41, 5.74) is 0.826. The highest BCUT2D eigenvalue weighted by Gasteiger charge is 2.40. The minimum absolute atomic E-state index is 0.0698.